The van der Waals surface area contributed by atoms with Crippen LogP contribution in [0.4, 0.5) is 11.5 Å². The Balaban J connectivity index is 1.70. The minimum absolute atomic E-state index is 0.0688. The number of hydrogen-bond acceptors (Lipinski definition) is 8. The molecular weight excluding hydrogens is 338 g/mol. The summed E-state index contributed by atoms with van der Waals surface area (Å²) in [7, 11) is 1.23. The van der Waals surface area contributed by atoms with Crippen molar-refractivity contribution in [2.75, 3.05) is 38.2 Å². The van der Waals surface area contributed by atoms with Crippen molar-refractivity contribution in [1.29, 1.82) is 0 Å². The minimum atomic E-state index is -0.644. The van der Waals surface area contributed by atoms with Crippen molar-refractivity contribution in [2.45, 2.75) is 6.54 Å². The lowest BCUT2D eigenvalue weighted by Crippen LogP contribution is -2.46. The molecule has 1 aliphatic heterocycles. The van der Waals surface area contributed by atoms with E-state index in [1.54, 1.807) is 12.4 Å². The lowest BCUT2D eigenvalue weighted by atomic mass is 10.2. The van der Waals surface area contributed by atoms with E-state index >= 15 is 0 Å². The number of anilines is 1. The Morgan fingerprint density at radius 2 is 1.96 bits per heavy atom. The Hall–Kier alpha value is -3.07. The van der Waals surface area contributed by atoms with E-state index < -0.39 is 10.9 Å². The molecule has 0 radical (unpaired) electrons. The molecule has 1 aliphatic rings. The molecule has 1 fully saturated rings. The van der Waals surface area contributed by atoms with Gasteiger partial charge < -0.3 is 9.64 Å². The van der Waals surface area contributed by atoms with Crippen LogP contribution in [0.3, 0.4) is 0 Å². The number of esters is 1. The van der Waals surface area contributed by atoms with Crippen molar-refractivity contribution in [3.63, 3.8) is 0 Å². The molecule has 1 saturated heterocycles. The van der Waals surface area contributed by atoms with Gasteiger partial charge in [0.15, 0.2) is 0 Å². The third-order valence-electron chi connectivity index (χ3n) is 4.29. The Kier molecular flexibility index (Phi) is 5.37. The van der Waals surface area contributed by atoms with Gasteiger partial charge in [-0.2, -0.15) is 0 Å². The fourth-order valence-corrected chi connectivity index (χ4v) is 2.92. The van der Waals surface area contributed by atoms with Gasteiger partial charge in [0.25, 0.3) is 0 Å². The largest absolute Gasteiger partial charge is 0.465 e. The first-order valence-electron chi connectivity index (χ1n) is 8.17. The fraction of sp³-hybridized carbons (Fsp3) is 0.353. The van der Waals surface area contributed by atoms with Crippen molar-refractivity contribution in [2.24, 2.45) is 0 Å². The number of carbonyl (C=O) groups is 1. The van der Waals surface area contributed by atoms with Crippen LogP contribution in [0.2, 0.25) is 0 Å². The minimum Gasteiger partial charge on any atom is -0.465 e. The number of aromatic nitrogens is 2. The zero-order valence-corrected chi connectivity index (χ0v) is 14.4. The molecule has 0 atom stereocenters. The zero-order chi connectivity index (χ0) is 18.5. The summed E-state index contributed by atoms with van der Waals surface area (Å²) in [6, 6.07) is 5.17. The molecular formula is C17H19N5O4. The van der Waals surface area contributed by atoms with Gasteiger partial charge in [0.2, 0.25) is 5.82 Å². The molecule has 0 N–H and O–H groups in total. The molecule has 9 heteroatoms. The number of methoxy groups -OCH3 is 1. The van der Waals surface area contributed by atoms with Gasteiger partial charge in [0.1, 0.15) is 0 Å². The molecule has 0 amide bonds. The Labute approximate surface area is 150 Å². The van der Waals surface area contributed by atoms with E-state index in [-0.39, 0.29) is 17.1 Å². The molecule has 0 aromatic carbocycles. The van der Waals surface area contributed by atoms with E-state index in [2.05, 4.69) is 19.6 Å². The van der Waals surface area contributed by atoms with Gasteiger partial charge in [-0.15, -0.1) is 0 Å². The Bertz CT molecular complexity index is 791. The first kappa shape index (κ1) is 17.7. The fourth-order valence-electron chi connectivity index (χ4n) is 2.92. The van der Waals surface area contributed by atoms with E-state index in [4.69, 9.17) is 0 Å². The van der Waals surface area contributed by atoms with Crippen LogP contribution in [0.15, 0.2) is 36.8 Å². The number of ether oxygens (including phenoxy) is 1. The number of nitrogens with zero attached hydrogens (tertiary/aromatic N) is 5. The second-order valence-electron chi connectivity index (χ2n) is 5.93. The third-order valence-corrected chi connectivity index (χ3v) is 4.29. The highest BCUT2D eigenvalue weighted by molar-refractivity contribution is 5.90. The highest BCUT2D eigenvalue weighted by Crippen LogP contribution is 2.27. The Morgan fingerprint density at radius 3 is 2.58 bits per heavy atom. The van der Waals surface area contributed by atoms with E-state index in [1.165, 1.54) is 24.9 Å². The maximum absolute atomic E-state index is 11.6. The lowest BCUT2D eigenvalue weighted by Gasteiger charge is -2.35. The van der Waals surface area contributed by atoms with Crippen LogP contribution in [0.5, 0.6) is 0 Å². The molecule has 0 bridgehead atoms. The second-order valence-corrected chi connectivity index (χ2v) is 5.93. The van der Waals surface area contributed by atoms with E-state index in [9.17, 15) is 14.9 Å². The summed E-state index contributed by atoms with van der Waals surface area (Å²) in [5.41, 5.74) is 1.06. The number of rotatable bonds is 5. The van der Waals surface area contributed by atoms with Crippen LogP contribution < -0.4 is 4.90 Å². The van der Waals surface area contributed by atoms with Crippen molar-refractivity contribution in [3.8, 4) is 0 Å². The average molecular weight is 357 g/mol. The standard InChI is InChI=1S/C17H19N5O4/c1-26-17(23)14-10-15(22(24)25)16(19-11-14)21-8-6-20(7-9-21)12-13-2-4-18-5-3-13/h2-5,10-11H,6-9,12H2,1H3. The van der Waals surface area contributed by atoms with Crippen molar-refractivity contribution in [1.82, 2.24) is 14.9 Å². The number of pyridine rings is 2. The molecule has 0 unspecified atom stereocenters. The molecule has 2 aromatic rings. The second kappa shape index (κ2) is 7.87. The molecule has 0 aliphatic carbocycles. The van der Waals surface area contributed by atoms with Crippen LogP contribution in [0, 0.1) is 10.1 Å². The first-order valence-corrected chi connectivity index (χ1v) is 8.17. The maximum Gasteiger partial charge on any atom is 0.339 e. The highest BCUT2D eigenvalue weighted by atomic mass is 16.6. The first-order chi connectivity index (χ1) is 12.6. The normalized spacial score (nSPS) is 14.9. The zero-order valence-electron chi connectivity index (χ0n) is 14.4. The Morgan fingerprint density at radius 1 is 1.27 bits per heavy atom. The molecule has 9 nitrogen and oxygen atoms in total. The third kappa shape index (κ3) is 3.94. The summed E-state index contributed by atoms with van der Waals surface area (Å²) in [5.74, 6) is -0.361. The summed E-state index contributed by atoms with van der Waals surface area (Å²) < 4.78 is 4.60. The molecule has 0 spiro atoms. The molecule has 3 rings (SSSR count). The number of hydrogen-bond donors (Lipinski definition) is 0. The van der Waals surface area contributed by atoms with Crippen molar-refractivity contribution >= 4 is 17.5 Å². The lowest BCUT2D eigenvalue weighted by molar-refractivity contribution is -0.384. The van der Waals surface area contributed by atoms with E-state index in [0.717, 1.165) is 19.6 Å². The maximum atomic E-state index is 11.6. The average Bonchev–Trinajstić information content (AvgIpc) is 2.68. The van der Waals surface area contributed by atoms with Gasteiger partial charge in [-0.25, -0.2) is 9.78 Å². The van der Waals surface area contributed by atoms with Gasteiger partial charge >= 0.3 is 11.7 Å². The van der Waals surface area contributed by atoms with Crippen LogP contribution in [0.1, 0.15) is 15.9 Å². The van der Waals surface area contributed by atoms with Gasteiger partial charge in [0.05, 0.1) is 17.6 Å². The quantitative estimate of drug-likeness (QED) is 0.451. The summed E-state index contributed by atoms with van der Waals surface area (Å²) >= 11 is 0. The molecule has 26 heavy (non-hydrogen) atoms. The summed E-state index contributed by atoms with van der Waals surface area (Å²) in [5, 5.41) is 11.4. The predicted octanol–water partition coefficient (Wildman–Crippen LogP) is 1.49. The van der Waals surface area contributed by atoms with Gasteiger partial charge in [-0.3, -0.25) is 20.0 Å². The monoisotopic (exact) mass is 357 g/mol. The molecule has 3 heterocycles. The van der Waals surface area contributed by atoms with Crippen molar-refractivity contribution < 1.29 is 14.5 Å². The molecule has 136 valence electrons. The van der Waals surface area contributed by atoms with Crippen LogP contribution in [-0.2, 0) is 11.3 Å². The highest BCUT2D eigenvalue weighted by Gasteiger charge is 2.26. The van der Waals surface area contributed by atoms with Gasteiger partial charge in [0, 0.05) is 57.4 Å². The topological polar surface area (TPSA) is 102 Å². The van der Waals surface area contributed by atoms with Gasteiger partial charge in [-0.05, 0) is 17.7 Å². The summed E-state index contributed by atoms with van der Waals surface area (Å²) in [6.45, 7) is 3.58. The van der Waals surface area contributed by atoms with E-state index in [1.807, 2.05) is 17.0 Å². The van der Waals surface area contributed by atoms with E-state index in [0.29, 0.717) is 13.1 Å². The number of nitro groups is 1. The summed E-state index contributed by atoms with van der Waals surface area (Å²) in [6.07, 6.45) is 4.85. The molecule has 2 aromatic heterocycles. The van der Waals surface area contributed by atoms with Gasteiger partial charge in [-0.1, -0.05) is 0 Å². The smallest absolute Gasteiger partial charge is 0.339 e. The summed E-state index contributed by atoms with van der Waals surface area (Å²) in [4.78, 5) is 34.8. The number of carbonyl (C=O) groups excluding carboxylic acids is 1. The van der Waals surface area contributed by atoms with Crippen LogP contribution >= 0.6 is 0 Å². The van der Waals surface area contributed by atoms with Crippen molar-refractivity contribution in [3.05, 3.63) is 58.0 Å². The number of piperazine rings is 1. The van der Waals surface area contributed by atoms with Crippen LogP contribution in [-0.4, -0.2) is 59.0 Å². The molecule has 0 saturated carbocycles. The van der Waals surface area contributed by atoms with Crippen LogP contribution in [0.25, 0.3) is 0 Å². The predicted molar refractivity (Wildman–Crippen MR) is 94.0 cm³/mol. The SMILES string of the molecule is COC(=O)c1cnc(N2CCN(Cc3ccncc3)CC2)c([N+](=O)[O-])c1.